The molecule has 0 aliphatic carbocycles. The van der Waals surface area contributed by atoms with E-state index in [2.05, 4.69) is 25.3 Å². The third-order valence-corrected chi connectivity index (χ3v) is 3.91. The number of aromatic nitrogens is 4. The monoisotopic (exact) mass is 302 g/mol. The number of anilines is 2. The number of aliphatic hydroxyl groups is 1. The lowest BCUT2D eigenvalue weighted by Gasteiger charge is -2.21. The van der Waals surface area contributed by atoms with E-state index >= 15 is 0 Å². The summed E-state index contributed by atoms with van der Waals surface area (Å²) in [7, 11) is 2.00. The molecule has 0 saturated carbocycles. The van der Waals surface area contributed by atoms with E-state index in [0.29, 0.717) is 6.54 Å². The Labute approximate surface area is 130 Å². The molecule has 1 aliphatic rings. The highest BCUT2D eigenvalue weighted by atomic mass is 16.3. The molecule has 2 N–H and O–H groups in total. The van der Waals surface area contributed by atoms with Crippen molar-refractivity contribution >= 4 is 11.6 Å². The fraction of sp³-hybridized carbons (Fsp3) is 0.533. The molecule has 1 aliphatic heterocycles. The van der Waals surface area contributed by atoms with Crippen molar-refractivity contribution in [1.29, 1.82) is 0 Å². The topological polar surface area (TPSA) is 79.1 Å². The predicted molar refractivity (Wildman–Crippen MR) is 84.8 cm³/mol. The molecule has 1 unspecified atom stereocenters. The second kappa shape index (κ2) is 6.31. The van der Waals surface area contributed by atoms with E-state index in [4.69, 9.17) is 0 Å². The Bertz CT molecular complexity index is 639. The van der Waals surface area contributed by atoms with Gasteiger partial charge in [-0.3, -0.25) is 4.68 Å². The summed E-state index contributed by atoms with van der Waals surface area (Å²) < 4.78 is 1.97. The summed E-state index contributed by atoms with van der Waals surface area (Å²) in [6.07, 6.45) is 5.22. The van der Waals surface area contributed by atoms with Crippen LogP contribution >= 0.6 is 0 Å². The van der Waals surface area contributed by atoms with Crippen LogP contribution in [0.15, 0.2) is 18.6 Å². The zero-order chi connectivity index (χ0) is 15.5. The van der Waals surface area contributed by atoms with Gasteiger partial charge >= 0.3 is 0 Å². The number of rotatable bonds is 4. The lowest BCUT2D eigenvalue weighted by molar-refractivity contribution is 0.208. The molecule has 3 rings (SSSR count). The molecule has 0 spiro atoms. The van der Waals surface area contributed by atoms with Gasteiger partial charge in [0.15, 0.2) is 0 Å². The van der Waals surface area contributed by atoms with Crippen LogP contribution in [-0.2, 0) is 20.0 Å². The Morgan fingerprint density at radius 1 is 1.41 bits per heavy atom. The average molecular weight is 302 g/mol. The Morgan fingerprint density at radius 3 is 3.09 bits per heavy atom. The van der Waals surface area contributed by atoms with Crippen LogP contribution in [-0.4, -0.2) is 44.0 Å². The second-order valence-corrected chi connectivity index (χ2v) is 5.76. The van der Waals surface area contributed by atoms with Crippen LogP contribution < -0.4 is 10.2 Å². The molecule has 0 saturated heterocycles. The Morgan fingerprint density at radius 2 is 2.27 bits per heavy atom. The molecule has 0 radical (unpaired) electrons. The predicted octanol–water partition coefficient (Wildman–Crippen LogP) is 0.956. The zero-order valence-corrected chi connectivity index (χ0v) is 13.0. The first-order chi connectivity index (χ1) is 10.6. The van der Waals surface area contributed by atoms with Crippen molar-refractivity contribution in [1.82, 2.24) is 19.7 Å². The van der Waals surface area contributed by atoms with E-state index in [-0.39, 0.29) is 0 Å². The molecule has 7 heteroatoms. The number of hydrogen-bond donors (Lipinski definition) is 2. The zero-order valence-electron chi connectivity index (χ0n) is 13.0. The van der Waals surface area contributed by atoms with Gasteiger partial charge in [-0.15, -0.1) is 0 Å². The summed E-state index contributed by atoms with van der Waals surface area (Å²) in [5, 5.41) is 16.8. The maximum Gasteiger partial charge on any atom is 0.134 e. The van der Waals surface area contributed by atoms with Gasteiger partial charge in [-0.2, -0.15) is 5.10 Å². The summed E-state index contributed by atoms with van der Waals surface area (Å²) in [5.74, 6) is 1.64. The Hall–Kier alpha value is -2.15. The van der Waals surface area contributed by atoms with Crippen LogP contribution in [0.2, 0.25) is 0 Å². The van der Waals surface area contributed by atoms with E-state index in [1.165, 1.54) is 11.3 Å². The summed E-state index contributed by atoms with van der Waals surface area (Å²) in [5.41, 5.74) is 2.57. The van der Waals surface area contributed by atoms with Crippen molar-refractivity contribution in [3.8, 4) is 0 Å². The number of fused-ring (bicyclic) bond motifs is 1. The molecule has 2 aromatic rings. The van der Waals surface area contributed by atoms with Crippen LogP contribution in [0, 0.1) is 0 Å². The molecule has 1 atom stereocenters. The lowest BCUT2D eigenvalue weighted by Crippen LogP contribution is -2.24. The minimum Gasteiger partial charge on any atom is -0.392 e. The van der Waals surface area contributed by atoms with Gasteiger partial charge in [0, 0.05) is 44.0 Å². The van der Waals surface area contributed by atoms with Gasteiger partial charge in [0.2, 0.25) is 0 Å². The Kier molecular flexibility index (Phi) is 4.24. The van der Waals surface area contributed by atoms with E-state index in [9.17, 15) is 5.11 Å². The molecule has 22 heavy (non-hydrogen) atoms. The van der Waals surface area contributed by atoms with Crippen LogP contribution in [0.3, 0.4) is 0 Å². The first-order valence-electron chi connectivity index (χ1n) is 7.62. The third kappa shape index (κ3) is 3.19. The van der Waals surface area contributed by atoms with Crippen molar-refractivity contribution in [2.45, 2.75) is 32.4 Å². The normalized spacial score (nSPS) is 16.0. The summed E-state index contributed by atoms with van der Waals surface area (Å²) in [6, 6.07) is 1.93. The van der Waals surface area contributed by atoms with Crippen molar-refractivity contribution in [3.63, 3.8) is 0 Å². The molecule has 0 fully saturated rings. The SMILES string of the molecule is CC(O)CNc1cc(N2CCCc3c(cnn3C)C2)ncn1. The fourth-order valence-corrected chi connectivity index (χ4v) is 2.75. The Balaban J connectivity index is 1.77. The summed E-state index contributed by atoms with van der Waals surface area (Å²) in [6.45, 7) is 3.99. The minimum absolute atomic E-state index is 0.408. The van der Waals surface area contributed by atoms with E-state index in [1.807, 2.05) is 24.0 Å². The summed E-state index contributed by atoms with van der Waals surface area (Å²) in [4.78, 5) is 10.9. The molecular weight excluding hydrogens is 280 g/mol. The first kappa shape index (κ1) is 14.8. The molecule has 0 amide bonds. The molecule has 0 bridgehead atoms. The van der Waals surface area contributed by atoms with Crippen molar-refractivity contribution in [2.24, 2.45) is 7.05 Å². The van der Waals surface area contributed by atoms with E-state index < -0.39 is 6.10 Å². The highest BCUT2D eigenvalue weighted by molar-refractivity contribution is 5.49. The highest BCUT2D eigenvalue weighted by Crippen LogP contribution is 2.23. The number of aliphatic hydroxyl groups excluding tert-OH is 1. The van der Waals surface area contributed by atoms with Crippen molar-refractivity contribution in [2.75, 3.05) is 23.3 Å². The molecule has 7 nitrogen and oxygen atoms in total. The fourth-order valence-electron chi connectivity index (χ4n) is 2.75. The van der Waals surface area contributed by atoms with Crippen LogP contribution in [0.4, 0.5) is 11.6 Å². The smallest absolute Gasteiger partial charge is 0.134 e. The third-order valence-electron chi connectivity index (χ3n) is 3.91. The maximum absolute atomic E-state index is 9.35. The van der Waals surface area contributed by atoms with E-state index in [1.54, 1.807) is 13.3 Å². The number of hydrogen-bond acceptors (Lipinski definition) is 6. The number of nitrogens with zero attached hydrogens (tertiary/aromatic N) is 5. The molecule has 118 valence electrons. The van der Waals surface area contributed by atoms with Crippen LogP contribution in [0.25, 0.3) is 0 Å². The van der Waals surface area contributed by atoms with Gasteiger partial charge in [0.1, 0.15) is 18.0 Å². The summed E-state index contributed by atoms with van der Waals surface area (Å²) >= 11 is 0. The van der Waals surface area contributed by atoms with Crippen molar-refractivity contribution < 1.29 is 5.11 Å². The average Bonchev–Trinajstić information content (AvgIpc) is 2.74. The highest BCUT2D eigenvalue weighted by Gasteiger charge is 2.18. The van der Waals surface area contributed by atoms with Gasteiger partial charge in [-0.05, 0) is 19.8 Å². The standard InChI is InChI=1S/C15H22N6O/c1-11(22)7-16-14-6-15(18-10-17-14)21-5-3-4-13-12(9-21)8-19-20(13)2/h6,8,10-11,22H,3-5,7,9H2,1-2H3,(H,16,17,18). The van der Waals surface area contributed by atoms with E-state index in [0.717, 1.165) is 37.6 Å². The maximum atomic E-state index is 9.35. The van der Waals surface area contributed by atoms with Gasteiger partial charge < -0.3 is 15.3 Å². The number of aryl methyl sites for hydroxylation is 1. The molecular formula is C15H22N6O. The number of nitrogens with one attached hydrogen (secondary N) is 1. The lowest BCUT2D eigenvalue weighted by atomic mass is 10.2. The second-order valence-electron chi connectivity index (χ2n) is 5.76. The molecule has 0 aromatic carbocycles. The minimum atomic E-state index is -0.408. The van der Waals surface area contributed by atoms with Gasteiger partial charge in [0.25, 0.3) is 0 Å². The van der Waals surface area contributed by atoms with Crippen molar-refractivity contribution in [3.05, 3.63) is 29.8 Å². The largest absolute Gasteiger partial charge is 0.392 e. The van der Waals surface area contributed by atoms with Crippen LogP contribution in [0.1, 0.15) is 24.6 Å². The molecule has 3 heterocycles. The first-order valence-corrected chi connectivity index (χ1v) is 7.62. The van der Waals surface area contributed by atoms with Crippen LogP contribution in [0.5, 0.6) is 0 Å². The quantitative estimate of drug-likeness (QED) is 0.875. The van der Waals surface area contributed by atoms with Gasteiger partial charge in [-0.25, -0.2) is 9.97 Å². The molecule has 2 aromatic heterocycles. The van der Waals surface area contributed by atoms with Gasteiger partial charge in [-0.1, -0.05) is 0 Å². The van der Waals surface area contributed by atoms with Gasteiger partial charge in [0.05, 0.1) is 12.3 Å².